The number of fused-ring (bicyclic) bond motifs is 2. The van der Waals surface area contributed by atoms with Gasteiger partial charge in [0.2, 0.25) is 11.8 Å². The summed E-state index contributed by atoms with van der Waals surface area (Å²) in [6, 6.07) is 12.4. The quantitative estimate of drug-likeness (QED) is 0.483. The van der Waals surface area contributed by atoms with E-state index >= 15 is 0 Å². The van der Waals surface area contributed by atoms with Crippen LogP contribution in [0.1, 0.15) is 35.6 Å². The summed E-state index contributed by atoms with van der Waals surface area (Å²) in [4.78, 5) is 58.6. The van der Waals surface area contributed by atoms with Gasteiger partial charge in [-0.3, -0.25) is 19.2 Å². The molecule has 2 saturated heterocycles. The van der Waals surface area contributed by atoms with Crippen LogP contribution in [0.25, 0.3) is 0 Å². The molecule has 196 valence electrons. The van der Waals surface area contributed by atoms with Gasteiger partial charge in [0.1, 0.15) is 16.8 Å². The number of benzene rings is 2. The molecule has 3 aliphatic rings. The van der Waals surface area contributed by atoms with Gasteiger partial charge < -0.3 is 14.6 Å². The van der Waals surface area contributed by atoms with Gasteiger partial charge in [-0.15, -0.1) is 0 Å². The van der Waals surface area contributed by atoms with E-state index in [1.807, 2.05) is 6.07 Å². The summed E-state index contributed by atoms with van der Waals surface area (Å²) in [5, 5.41) is -0.231. The highest BCUT2D eigenvalue weighted by molar-refractivity contribution is 8.00. The lowest BCUT2D eigenvalue weighted by molar-refractivity contribution is -0.134. The fourth-order valence-electron chi connectivity index (χ4n) is 5.44. The maximum absolute atomic E-state index is 13.8. The largest absolute Gasteiger partial charge is 0.483 e. The Morgan fingerprint density at radius 1 is 1.00 bits per heavy atom. The predicted molar refractivity (Wildman–Crippen MR) is 141 cm³/mol. The third-order valence-corrected chi connectivity index (χ3v) is 9.62. The molecule has 38 heavy (non-hydrogen) atoms. The van der Waals surface area contributed by atoms with E-state index in [2.05, 4.69) is 4.98 Å². The first-order valence-electron chi connectivity index (χ1n) is 12.4. The predicted octanol–water partition coefficient (Wildman–Crippen LogP) is 3.76. The minimum Gasteiger partial charge on any atom is -0.483 e. The lowest BCUT2D eigenvalue weighted by Crippen LogP contribution is -2.38. The summed E-state index contributed by atoms with van der Waals surface area (Å²) < 4.78 is 19.6. The van der Waals surface area contributed by atoms with Crippen molar-refractivity contribution in [1.82, 2.24) is 9.88 Å². The number of imide groups is 1. The van der Waals surface area contributed by atoms with Crippen LogP contribution in [0.15, 0.2) is 58.4 Å². The molecule has 0 radical (unpaired) electrons. The van der Waals surface area contributed by atoms with Crippen LogP contribution in [0.4, 0.5) is 10.1 Å². The van der Waals surface area contributed by atoms with Gasteiger partial charge in [0, 0.05) is 29.4 Å². The number of halogens is 1. The lowest BCUT2D eigenvalue weighted by atomic mass is 9.82. The number of nitrogens with one attached hydrogen (secondary N) is 1. The van der Waals surface area contributed by atoms with Gasteiger partial charge in [0.15, 0.2) is 6.61 Å². The third kappa shape index (κ3) is 4.33. The number of likely N-dealkylation sites (tertiary alicyclic amines) is 1. The van der Waals surface area contributed by atoms with E-state index in [0.717, 1.165) is 35.5 Å². The number of rotatable bonds is 5. The van der Waals surface area contributed by atoms with E-state index in [0.29, 0.717) is 40.0 Å². The molecule has 3 unspecified atom stereocenters. The SMILES string of the molecule is O=C(COc1ccccc1C1c2sc(=O)[nH]c2SC2C(=O)N(c3ccc(F)cc3)C(=O)C21)N1CCCCC1. The molecule has 1 N–H and O–H groups in total. The molecule has 4 heterocycles. The Kier molecular flexibility index (Phi) is 6.56. The first-order chi connectivity index (χ1) is 18.4. The van der Waals surface area contributed by atoms with Crippen molar-refractivity contribution in [3.8, 4) is 5.75 Å². The molecule has 3 aliphatic heterocycles. The number of H-pyrrole nitrogens is 1. The van der Waals surface area contributed by atoms with Crippen LogP contribution in [-0.2, 0) is 14.4 Å². The van der Waals surface area contributed by atoms with Gasteiger partial charge in [-0.25, -0.2) is 9.29 Å². The molecule has 2 aromatic carbocycles. The van der Waals surface area contributed by atoms with Crippen LogP contribution < -0.4 is 14.5 Å². The van der Waals surface area contributed by atoms with Crippen molar-refractivity contribution < 1.29 is 23.5 Å². The monoisotopic (exact) mass is 553 g/mol. The van der Waals surface area contributed by atoms with Crippen molar-refractivity contribution in [3.63, 3.8) is 0 Å². The highest BCUT2D eigenvalue weighted by Gasteiger charge is 2.56. The number of anilines is 1. The second kappa shape index (κ2) is 10.0. The summed E-state index contributed by atoms with van der Waals surface area (Å²) in [5.74, 6) is -2.42. The van der Waals surface area contributed by atoms with Crippen molar-refractivity contribution >= 4 is 46.5 Å². The topological polar surface area (TPSA) is 99.8 Å². The first kappa shape index (κ1) is 24.9. The number of para-hydroxylation sites is 1. The molecule has 6 rings (SSSR count). The number of hydrogen-bond acceptors (Lipinski definition) is 7. The number of aromatic amines is 1. The Morgan fingerprint density at radius 3 is 2.50 bits per heavy atom. The Hall–Kier alpha value is -3.44. The molecule has 3 atom stereocenters. The smallest absolute Gasteiger partial charge is 0.305 e. The molecule has 3 aromatic rings. The molecule has 2 fully saturated rings. The molecule has 0 bridgehead atoms. The molecule has 0 saturated carbocycles. The van der Waals surface area contributed by atoms with Crippen molar-refractivity contribution in [2.45, 2.75) is 35.5 Å². The Balaban J connectivity index is 1.36. The van der Waals surface area contributed by atoms with Crippen molar-refractivity contribution in [1.29, 1.82) is 0 Å². The molecule has 8 nitrogen and oxygen atoms in total. The number of nitrogens with zero attached hydrogens (tertiary/aromatic N) is 2. The number of carbonyl (C=O) groups is 3. The molecular formula is C27H24FN3O5S2. The van der Waals surface area contributed by atoms with Crippen molar-refractivity contribution in [3.05, 3.63) is 74.5 Å². The summed E-state index contributed by atoms with van der Waals surface area (Å²) in [5.41, 5.74) is 0.927. The van der Waals surface area contributed by atoms with E-state index in [9.17, 15) is 23.6 Å². The van der Waals surface area contributed by atoms with Gasteiger partial charge in [0.05, 0.1) is 16.6 Å². The number of ether oxygens (including phenoxy) is 1. The molecule has 0 aliphatic carbocycles. The highest BCUT2D eigenvalue weighted by atomic mass is 32.2. The number of amides is 3. The summed E-state index contributed by atoms with van der Waals surface area (Å²) in [7, 11) is 0. The van der Waals surface area contributed by atoms with Crippen molar-refractivity contribution in [2.24, 2.45) is 5.92 Å². The average Bonchev–Trinajstić information content (AvgIpc) is 3.43. The Labute approximate surface area is 225 Å². The molecule has 11 heteroatoms. The third-order valence-electron chi connectivity index (χ3n) is 7.22. The summed E-state index contributed by atoms with van der Waals surface area (Å²) >= 11 is 2.18. The van der Waals surface area contributed by atoms with Crippen LogP contribution in [0, 0.1) is 11.7 Å². The fraction of sp³-hybridized carbons (Fsp3) is 0.333. The van der Waals surface area contributed by atoms with Crippen LogP contribution >= 0.6 is 23.1 Å². The highest BCUT2D eigenvalue weighted by Crippen LogP contribution is 2.54. The minimum atomic E-state index is -0.806. The van der Waals surface area contributed by atoms with E-state index in [-0.39, 0.29) is 17.4 Å². The van der Waals surface area contributed by atoms with Gasteiger partial charge in [-0.05, 0) is 49.6 Å². The molecular weight excluding hydrogens is 529 g/mol. The average molecular weight is 554 g/mol. The van der Waals surface area contributed by atoms with Crippen LogP contribution in [-0.4, -0.2) is 52.6 Å². The van der Waals surface area contributed by atoms with E-state index in [4.69, 9.17) is 4.74 Å². The zero-order valence-corrected chi connectivity index (χ0v) is 21.9. The van der Waals surface area contributed by atoms with E-state index in [1.165, 1.54) is 36.0 Å². The second-order valence-corrected chi connectivity index (χ2v) is 11.7. The Morgan fingerprint density at radius 2 is 1.74 bits per heavy atom. The van der Waals surface area contributed by atoms with Crippen LogP contribution in [0.2, 0.25) is 0 Å². The summed E-state index contributed by atoms with van der Waals surface area (Å²) in [6.45, 7) is 1.28. The molecule has 0 spiro atoms. The number of thiazole rings is 1. The zero-order valence-electron chi connectivity index (χ0n) is 20.2. The normalized spacial score (nSPS) is 22.8. The minimum absolute atomic E-state index is 0.0989. The van der Waals surface area contributed by atoms with Crippen LogP contribution in [0.5, 0.6) is 5.75 Å². The standard InChI is InChI=1S/C27H24FN3O5S2/c28-15-8-10-16(11-9-15)31-25(33)21-20(22-24(29-27(35)38-22)37-23(21)26(31)34)17-6-2-3-7-18(17)36-14-19(32)30-12-4-1-5-13-30/h2-3,6-11,20-21,23H,1,4-5,12-14H2,(H,29,35). The van der Waals surface area contributed by atoms with Crippen LogP contribution in [0.3, 0.4) is 0 Å². The first-order valence-corrected chi connectivity index (χ1v) is 14.1. The maximum Gasteiger partial charge on any atom is 0.305 e. The lowest BCUT2D eigenvalue weighted by Gasteiger charge is -2.31. The maximum atomic E-state index is 13.8. The fourth-order valence-corrected chi connectivity index (χ4v) is 7.95. The number of thioether (sulfide) groups is 1. The zero-order chi connectivity index (χ0) is 26.4. The van der Waals surface area contributed by atoms with Crippen molar-refractivity contribution in [2.75, 3.05) is 24.6 Å². The number of carbonyl (C=O) groups excluding carboxylic acids is 3. The molecule has 1 aromatic heterocycles. The Bertz CT molecular complexity index is 1460. The second-order valence-electron chi connectivity index (χ2n) is 9.51. The van der Waals surface area contributed by atoms with Gasteiger partial charge in [-0.1, -0.05) is 41.3 Å². The molecule has 3 amide bonds. The number of aromatic nitrogens is 1. The number of piperidine rings is 1. The van der Waals surface area contributed by atoms with Gasteiger partial charge >= 0.3 is 4.87 Å². The van der Waals surface area contributed by atoms with Gasteiger partial charge in [-0.2, -0.15) is 0 Å². The van der Waals surface area contributed by atoms with E-state index in [1.54, 1.807) is 23.1 Å². The number of hydrogen-bond donors (Lipinski definition) is 1. The van der Waals surface area contributed by atoms with Gasteiger partial charge in [0.25, 0.3) is 5.91 Å². The van der Waals surface area contributed by atoms with E-state index < -0.39 is 34.7 Å². The summed E-state index contributed by atoms with van der Waals surface area (Å²) in [6.07, 6.45) is 3.06.